The Labute approximate surface area is 122 Å². The third-order valence-corrected chi connectivity index (χ3v) is 2.63. The van der Waals surface area contributed by atoms with E-state index in [1.165, 1.54) is 12.1 Å². The van der Waals surface area contributed by atoms with Crippen LogP contribution in [0.5, 0.6) is 0 Å². The molecule has 2 amide bonds. The van der Waals surface area contributed by atoms with Crippen molar-refractivity contribution < 1.29 is 19.4 Å². The maximum absolute atomic E-state index is 11.6. The van der Waals surface area contributed by atoms with Gasteiger partial charge in [0.05, 0.1) is 23.4 Å². The van der Waals surface area contributed by atoms with Crippen LogP contribution in [0.4, 0.5) is 10.5 Å². The molecule has 3 N–H and O–H groups in total. The zero-order valence-corrected chi connectivity index (χ0v) is 12.0. The van der Waals surface area contributed by atoms with E-state index in [-0.39, 0.29) is 22.4 Å². The Morgan fingerprint density at radius 1 is 1.40 bits per heavy atom. The van der Waals surface area contributed by atoms with E-state index < -0.39 is 12.0 Å². The maximum Gasteiger partial charge on any atom is 0.339 e. The molecule has 0 aliphatic rings. The summed E-state index contributed by atoms with van der Waals surface area (Å²) in [6, 6.07) is 3.97. The second kappa shape index (κ2) is 7.72. The van der Waals surface area contributed by atoms with Crippen LogP contribution in [-0.2, 0) is 4.74 Å². The summed E-state index contributed by atoms with van der Waals surface area (Å²) < 4.78 is 5.27. The molecule has 7 heteroatoms. The van der Waals surface area contributed by atoms with Crippen molar-refractivity contribution in [1.29, 1.82) is 0 Å². The number of aromatic carboxylic acids is 1. The van der Waals surface area contributed by atoms with E-state index in [9.17, 15) is 9.59 Å². The Balaban J connectivity index is 2.58. The number of amides is 2. The van der Waals surface area contributed by atoms with Gasteiger partial charge >= 0.3 is 12.0 Å². The number of hydrogen-bond acceptors (Lipinski definition) is 3. The summed E-state index contributed by atoms with van der Waals surface area (Å²) in [6.45, 7) is 4.50. The van der Waals surface area contributed by atoms with E-state index in [0.717, 1.165) is 0 Å². The highest BCUT2D eigenvalue weighted by Crippen LogP contribution is 2.24. The SMILES string of the molecule is CC(C)OCCNC(=O)Nc1cccc(Cl)c1C(=O)O. The van der Waals surface area contributed by atoms with Crippen molar-refractivity contribution in [2.45, 2.75) is 20.0 Å². The summed E-state index contributed by atoms with van der Waals surface area (Å²) in [5.41, 5.74) is 0.00928. The summed E-state index contributed by atoms with van der Waals surface area (Å²) in [7, 11) is 0. The van der Waals surface area contributed by atoms with E-state index in [0.29, 0.717) is 13.2 Å². The van der Waals surface area contributed by atoms with E-state index in [1.54, 1.807) is 6.07 Å². The number of halogens is 1. The number of carbonyl (C=O) groups excluding carboxylic acids is 1. The third kappa shape index (κ3) is 5.07. The summed E-state index contributed by atoms with van der Waals surface area (Å²) in [5.74, 6) is -1.20. The molecule has 1 rings (SSSR count). The number of carboxylic acid groups (broad SMARTS) is 1. The van der Waals surface area contributed by atoms with Gasteiger partial charge in [0.15, 0.2) is 0 Å². The van der Waals surface area contributed by atoms with Crippen molar-refractivity contribution >= 4 is 29.3 Å². The molecule has 0 saturated heterocycles. The fraction of sp³-hybridized carbons (Fsp3) is 0.385. The normalized spacial score (nSPS) is 10.4. The van der Waals surface area contributed by atoms with E-state index in [1.807, 2.05) is 13.8 Å². The molecule has 0 atom stereocenters. The number of anilines is 1. The highest BCUT2D eigenvalue weighted by atomic mass is 35.5. The minimum absolute atomic E-state index is 0.0680. The van der Waals surface area contributed by atoms with Gasteiger partial charge in [-0.25, -0.2) is 9.59 Å². The molecule has 0 fully saturated rings. The molecule has 0 bridgehead atoms. The summed E-state index contributed by atoms with van der Waals surface area (Å²) in [6.07, 6.45) is 0.0893. The molecule has 0 radical (unpaired) electrons. The van der Waals surface area contributed by atoms with Crippen LogP contribution < -0.4 is 10.6 Å². The maximum atomic E-state index is 11.6. The highest BCUT2D eigenvalue weighted by Gasteiger charge is 2.15. The van der Waals surface area contributed by atoms with Gasteiger partial charge in [-0.2, -0.15) is 0 Å². The lowest BCUT2D eigenvalue weighted by molar-refractivity contribution is 0.0698. The van der Waals surface area contributed by atoms with Crippen LogP contribution in [-0.4, -0.2) is 36.4 Å². The van der Waals surface area contributed by atoms with Gasteiger partial charge in [-0.1, -0.05) is 17.7 Å². The lowest BCUT2D eigenvalue weighted by Crippen LogP contribution is -2.32. The minimum Gasteiger partial charge on any atom is -0.478 e. The highest BCUT2D eigenvalue weighted by molar-refractivity contribution is 6.34. The number of benzene rings is 1. The average Bonchev–Trinajstić information content (AvgIpc) is 2.34. The minimum atomic E-state index is -1.20. The lowest BCUT2D eigenvalue weighted by atomic mass is 10.2. The van der Waals surface area contributed by atoms with Crippen molar-refractivity contribution in [3.05, 3.63) is 28.8 Å². The van der Waals surface area contributed by atoms with Gasteiger partial charge in [0.1, 0.15) is 5.56 Å². The van der Waals surface area contributed by atoms with Crippen molar-refractivity contribution in [1.82, 2.24) is 5.32 Å². The number of urea groups is 1. The van der Waals surface area contributed by atoms with Crippen molar-refractivity contribution in [2.75, 3.05) is 18.5 Å². The molecule has 20 heavy (non-hydrogen) atoms. The molecule has 110 valence electrons. The number of carboxylic acids is 1. The predicted molar refractivity (Wildman–Crippen MR) is 76.5 cm³/mol. The Kier molecular flexibility index (Phi) is 6.27. The van der Waals surface area contributed by atoms with Gasteiger partial charge in [0, 0.05) is 6.54 Å². The van der Waals surface area contributed by atoms with Crippen LogP contribution >= 0.6 is 11.6 Å². The van der Waals surface area contributed by atoms with E-state index >= 15 is 0 Å². The van der Waals surface area contributed by atoms with Crippen LogP contribution in [0.2, 0.25) is 5.02 Å². The number of rotatable bonds is 6. The molecule has 6 nitrogen and oxygen atoms in total. The van der Waals surface area contributed by atoms with Crippen LogP contribution in [0.1, 0.15) is 24.2 Å². The number of carbonyl (C=O) groups is 2. The van der Waals surface area contributed by atoms with Gasteiger partial charge < -0.3 is 20.5 Å². The second-order valence-electron chi connectivity index (χ2n) is 4.27. The second-order valence-corrected chi connectivity index (χ2v) is 4.68. The van der Waals surface area contributed by atoms with Gasteiger partial charge in [0.2, 0.25) is 0 Å². The van der Waals surface area contributed by atoms with Crippen LogP contribution in [0.15, 0.2) is 18.2 Å². The molecule has 1 aromatic rings. The molecule has 0 aliphatic carbocycles. The molecular weight excluding hydrogens is 284 g/mol. The molecular formula is C13H17ClN2O4. The summed E-state index contributed by atoms with van der Waals surface area (Å²) in [5, 5.41) is 14.1. The molecule has 1 aromatic carbocycles. The van der Waals surface area contributed by atoms with Gasteiger partial charge in [-0.15, -0.1) is 0 Å². The number of hydrogen-bond donors (Lipinski definition) is 3. The Bertz CT molecular complexity index is 491. The smallest absolute Gasteiger partial charge is 0.339 e. The lowest BCUT2D eigenvalue weighted by Gasteiger charge is -2.11. The third-order valence-electron chi connectivity index (χ3n) is 2.31. The zero-order valence-electron chi connectivity index (χ0n) is 11.3. The topological polar surface area (TPSA) is 87.7 Å². The van der Waals surface area contributed by atoms with Gasteiger partial charge in [-0.3, -0.25) is 0 Å². The first-order valence-corrected chi connectivity index (χ1v) is 6.48. The van der Waals surface area contributed by atoms with Crippen molar-refractivity contribution in [3.63, 3.8) is 0 Å². The first kappa shape index (κ1) is 16.3. The molecule has 0 heterocycles. The Morgan fingerprint density at radius 2 is 2.10 bits per heavy atom. The fourth-order valence-corrected chi connectivity index (χ4v) is 1.73. The Morgan fingerprint density at radius 3 is 2.70 bits per heavy atom. The zero-order chi connectivity index (χ0) is 15.1. The Hall–Kier alpha value is -1.79. The molecule has 0 saturated carbocycles. The largest absolute Gasteiger partial charge is 0.478 e. The first-order valence-electron chi connectivity index (χ1n) is 6.10. The predicted octanol–water partition coefficient (Wildman–Crippen LogP) is 2.58. The molecule has 0 unspecified atom stereocenters. The van der Waals surface area contributed by atoms with Gasteiger partial charge in [0.25, 0.3) is 0 Å². The number of ether oxygens (including phenoxy) is 1. The van der Waals surface area contributed by atoms with Crippen LogP contribution in [0, 0.1) is 0 Å². The molecule has 0 aromatic heterocycles. The van der Waals surface area contributed by atoms with Crippen LogP contribution in [0.25, 0.3) is 0 Å². The summed E-state index contributed by atoms with van der Waals surface area (Å²) in [4.78, 5) is 22.7. The number of nitrogens with one attached hydrogen (secondary N) is 2. The van der Waals surface area contributed by atoms with E-state index in [4.69, 9.17) is 21.4 Å². The summed E-state index contributed by atoms with van der Waals surface area (Å²) >= 11 is 5.80. The fourth-order valence-electron chi connectivity index (χ4n) is 1.47. The van der Waals surface area contributed by atoms with Gasteiger partial charge in [-0.05, 0) is 26.0 Å². The van der Waals surface area contributed by atoms with Crippen LogP contribution in [0.3, 0.4) is 0 Å². The molecule has 0 aliphatic heterocycles. The molecule has 0 spiro atoms. The van der Waals surface area contributed by atoms with Crippen molar-refractivity contribution in [2.24, 2.45) is 0 Å². The standard InChI is InChI=1S/C13H17ClN2O4/c1-8(2)20-7-6-15-13(19)16-10-5-3-4-9(14)11(10)12(17)18/h3-5,8H,6-7H2,1-2H3,(H,17,18)(H2,15,16,19). The van der Waals surface area contributed by atoms with Crippen molar-refractivity contribution in [3.8, 4) is 0 Å². The average molecular weight is 301 g/mol. The quantitative estimate of drug-likeness (QED) is 0.705. The monoisotopic (exact) mass is 300 g/mol. The van der Waals surface area contributed by atoms with E-state index in [2.05, 4.69) is 10.6 Å². The first-order chi connectivity index (χ1) is 9.41.